The van der Waals surface area contributed by atoms with E-state index in [1.165, 1.54) is 12.2 Å². The van der Waals surface area contributed by atoms with Gasteiger partial charge in [-0.25, -0.2) is 4.79 Å². The summed E-state index contributed by atoms with van der Waals surface area (Å²) in [4.78, 5) is 10.5. The van der Waals surface area contributed by atoms with E-state index < -0.39 is 0 Å². The molecule has 0 fully saturated rings. The molecule has 0 rings (SSSR count). The van der Waals surface area contributed by atoms with Gasteiger partial charge in [0, 0.05) is 6.08 Å². The molecule has 0 amide bonds. The molecule has 0 aliphatic heterocycles. The fourth-order valence-corrected chi connectivity index (χ4v) is 0.347. The van der Waals surface area contributed by atoms with Crippen LogP contribution in [0.25, 0.3) is 0 Å². The van der Waals surface area contributed by atoms with Crippen LogP contribution >= 0.6 is 0 Å². The fourth-order valence-electron chi connectivity index (χ4n) is 0.347. The van der Waals surface area contributed by atoms with Gasteiger partial charge in [0.2, 0.25) is 0 Å². The Bertz CT molecular complexity index is 105. The third kappa shape index (κ3) is 5.07. The molecule has 0 aromatic heterocycles. The fraction of sp³-hybridized carbons (Fsp3) is 0.429. The summed E-state index contributed by atoms with van der Waals surface area (Å²) in [6.07, 6.45) is 3.57. The molecule has 51 valence electrons. The minimum atomic E-state index is -0.313. The number of hydrogen-bond acceptors (Lipinski definition) is 2. The maximum absolute atomic E-state index is 10.5. The second-order valence-corrected chi connectivity index (χ2v) is 1.57. The number of rotatable bonds is 3. The van der Waals surface area contributed by atoms with E-state index in [0.29, 0.717) is 6.61 Å². The van der Waals surface area contributed by atoms with Gasteiger partial charge in [0.15, 0.2) is 0 Å². The lowest BCUT2D eigenvalue weighted by Crippen LogP contribution is -2.00. The van der Waals surface area contributed by atoms with Crippen molar-refractivity contribution in [2.45, 2.75) is 13.3 Å². The molecule has 0 aromatic rings. The summed E-state index contributed by atoms with van der Waals surface area (Å²) < 4.78 is 4.67. The Morgan fingerprint density at radius 2 is 2.44 bits per heavy atom. The Kier molecular flexibility index (Phi) is 4.88. The Labute approximate surface area is 55.5 Å². The monoisotopic (exact) mass is 127 g/mol. The zero-order chi connectivity index (χ0) is 7.11. The average Bonchev–Trinajstić information content (AvgIpc) is 1.85. The first kappa shape index (κ1) is 8.21. The molecular weight excluding hydrogens is 116 g/mol. The van der Waals surface area contributed by atoms with Crippen molar-refractivity contribution < 1.29 is 9.53 Å². The molecular formula is C7H11O2. The Balaban J connectivity index is 3.27. The highest BCUT2D eigenvalue weighted by Crippen LogP contribution is 1.83. The molecule has 0 atom stereocenters. The lowest BCUT2D eigenvalue weighted by molar-refractivity contribution is -0.137. The molecule has 0 bridgehead atoms. The smallest absolute Gasteiger partial charge is 0.330 e. The van der Waals surface area contributed by atoms with Crippen molar-refractivity contribution >= 4 is 5.97 Å². The van der Waals surface area contributed by atoms with Crippen molar-refractivity contribution in [3.63, 3.8) is 0 Å². The Morgan fingerprint density at radius 1 is 1.78 bits per heavy atom. The molecule has 0 N–H and O–H groups in total. The van der Waals surface area contributed by atoms with Crippen molar-refractivity contribution in [2.75, 3.05) is 6.61 Å². The van der Waals surface area contributed by atoms with Gasteiger partial charge in [-0.1, -0.05) is 13.0 Å². The highest BCUT2D eigenvalue weighted by Gasteiger charge is 1.90. The number of allylic oxidation sites excluding steroid dienone is 1. The van der Waals surface area contributed by atoms with Gasteiger partial charge in [0.1, 0.15) is 0 Å². The summed E-state index contributed by atoms with van der Waals surface area (Å²) in [7, 11) is 0. The van der Waals surface area contributed by atoms with Crippen molar-refractivity contribution in [1.29, 1.82) is 0 Å². The van der Waals surface area contributed by atoms with Gasteiger partial charge in [0.25, 0.3) is 0 Å². The standard InChI is InChI=1S/C7H11O2/c1-3-5-7(8)9-6-4-2/h3,5H,1,4,6H2,2H3/b5-3+. The van der Waals surface area contributed by atoms with Gasteiger partial charge < -0.3 is 4.74 Å². The molecule has 1 radical (unpaired) electrons. The molecule has 0 aliphatic carbocycles. The zero-order valence-corrected chi connectivity index (χ0v) is 5.59. The average molecular weight is 127 g/mol. The summed E-state index contributed by atoms with van der Waals surface area (Å²) in [6.45, 7) is 5.79. The van der Waals surface area contributed by atoms with Crippen LogP contribution in [0.15, 0.2) is 12.2 Å². The molecule has 0 saturated carbocycles. The van der Waals surface area contributed by atoms with E-state index in [-0.39, 0.29) is 5.97 Å². The van der Waals surface area contributed by atoms with Crippen LogP contribution in [-0.2, 0) is 9.53 Å². The highest BCUT2D eigenvalue weighted by atomic mass is 16.5. The van der Waals surface area contributed by atoms with Crippen LogP contribution in [0.4, 0.5) is 0 Å². The minimum absolute atomic E-state index is 0.313. The van der Waals surface area contributed by atoms with Crippen molar-refractivity contribution in [3.8, 4) is 0 Å². The van der Waals surface area contributed by atoms with E-state index in [1.54, 1.807) is 0 Å². The van der Waals surface area contributed by atoms with E-state index in [4.69, 9.17) is 0 Å². The molecule has 0 heterocycles. The van der Waals surface area contributed by atoms with E-state index in [1.807, 2.05) is 6.92 Å². The molecule has 0 aliphatic rings. The van der Waals surface area contributed by atoms with E-state index >= 15 is 0 Å². The second-order valence-electron chi connectivity index (χ2n) is 1.57. The maximum atomic E-state index is 10.5. The van der Waals surface area contributed by atoms with Crippen LogP contribution in [0.5, 0.6) is 0 Å². The Hall–Kier alpha value is -0.790. The number of carbonyl (C=O) groups is 1. The van der Waals surface area contributed by atoms with Crippen LogP contribution in [0.2, 0.25) is 0 Å². The van der Waals surface area contributed by atoms with Crippen LogP contribution < -0.4 is 0 Å². The largest absolute Gasteiger partial charge is 0.463 e. The molecule has 9 heavy (non-hydrogen) atoms. The van der Waals surface area contributed by atoms with Crippen molar-refractivity contribution in [1.82, 2.24) is 0 Å². The van der Waals surface area contributed by atoms with E-state index in [9.17, 15) is 4.79 Å². The van der Waals surface area contributed by atoms with Gasteiger partial charge in [-0.05, 0) is 13.3 Å². The van der Waals surface area contributed by atoms with Crippen LogP contribution in [0.3, 0.4) is 0 Å². The van der Waals surface area contributed by atoms with Crippen LogP contribution in [-0.4, -0.2) is 12.6 Å². The van der Waals surface area contributed by atoms with E-state index in [2.05, 4.69) is 11.7 Å². The number of carbonyl (C=O) groups excluding carboxylic acids is 1. The van der Waals surface area contributed by atoms with Crippen molar-refractivity contribution in [2.24, 2.45) is 0 Å². The highest BCUT2D eigenvalue weighted by molar-refractivity contribution is 5.81. The first-order chi connectivity index (χ1) is 4.31. The Morgan fingerprint density at radius 3 is 2.89 bits per heavy atom. The summed E-state index contributed by atoms with van der Waals surface area (Å²) in [5.41, 5.74) is 0. The maximum Gasteiger partial charge on any atom is 0.330 e. The van der Waals surface area contributed by atoms with Crippen LogP contribution in [0.1, 0.15) is 13.3 Å². The first-order valence-electron chi connectivity index (χ1n) is 2.93. The third-order valence-electron chi connectivity index (χ3n) is 0.702. The molecule has 0 unspecified atom stereocenters. The van der Waals surface area contributed by atoms with Gasteiger partial charge in [0.05, 0.1) is 6.61 Å². The lowest BCUT2D eigenvalue weighted by atomic mass is 10.5. The topological polar surface area (TPSA) is 26.3 Å². The summed E-state index contributed by atoms with van der Waals surface area (Å²) in [6, 6.07) is 0. The lowest BCUT2D eigenvalue weighted by Gasteiger charge is -1.95. The minimum Gasteiger partial charge on any atom is -0.463 e. The number of hydrogen-bond donors (Lipinski definition) is 0. The molecule has 2 heteroatoms. The summed E-state index contributed by atoms with van der Waals surface area (Å²) >= 11 is 0. The van der Waals surface area contributed by atoms with Crippen LogP contribution in [0, 0.1) is 6.92 Å². The predicted octanol–water partition coefficient (Wildman–Crippen LogP) is 1.33. The molecule has 0 spiro atoms. The van der Waals surface area contributed by atoms with Gasteiger partial charge in [-0.15, -0.1) is 0 Å². The molecule has 0 aromatic carbocycles. The predicted molar refractivity (Wildman–Crippen MR) is 35.7 cm³/mol. The zero-order valence-electron chi connectivity index (χ0n) is 5.59. The third-order valence-corrected chi connectivity index (χ3v) is 0.702. The van der Waals surface area contributed by atoms with Crippen molar-refractivity contribution in [3.05, 3.63) is 19.1 Å². The van der Waals surface area contributed by atoms with Gasteiger partial charge >= 0.3 is 5.97 Å². The molecule has 2 nitrogen and oxygen atoms in total. The SMILES string of the molecule is [CH2]/C=C/C(=O)OCCC. The normalized spacial score (nSPS) is 10.0. The van der Waals surface area contributed by atoms with Gasteiger partial charge in [-0.2, -0.15) is 0 Å². The summed E-state index contributed by atoms with van der Waals surface area (Å²) in [5, 5.41) is 0. The second kappa shape index (κ2) is 5.35. The quantitative estimate of drug-likeness (QED) is 0.422. The number of esters is 1. The summed E-state index contributed by atoms with van der Waals surface area (Å²) in [5.74, 6) is -0.313. The van der Waals surface area contributed by atoms with Gasteiger partial charge in [-0.3, -0.25) is 0 Å². The molecule has 0 saturated heterocycles. The first-order valence-corrected chi connectivity index (χ1v) is 2.93. The van der Waals surface area contributed by atoms with E-state index in [0.717, 1.165) is 6.42 Å². The number of ether oxygens (including phenoxy) is 1.